The van der Waals surface area contributed by atoms with E-state index in [0.29, 0.717) is 5.69 Å². The van der Waals surface area contributed by atoms with E-state index in [1.165, 1.54) is 25.6 Å². The molecule has 6 nitrogen and oxygen atoms in total. The van der Waals surface area contributed by atoms with Gasteiger partial charge in [-0.1, -0.05) is 6.07 Å². The molecule has 2 aromatic heterocycles. The molecule has 8 heteroatoms. The normalized spacial score (nSPS) is 11.1. The second-order valence-corrected chi connectivity index (χ2v) is 5.85. The summed E-state index contributed by atoms with van der Waals surface area (Å²) in [7, 11) is -2.11. The largest absolute Gasteiger partial charge is 0.467 e. The summed E-state index contributed by atoms with van der Waals surface area (Å²) in [6, 6.07) is 3.38. The van der Waals surface area contributed by atoms with E-state index in [2.05, 4.69) is 14.7 Å². The number of rotatable bonds is 4. The molecule has 0 amide bonds. The van der Waals surface area contributed by atoms with Crippen molar-refractivity contribution in [2.24, 2.45) is 0 Å². The number of ether oxygens (including phenoxy) is 1. The van der Waals surface area contributed by atoms with Gasteiger partial charge in [-0.25, -0.2) is 18.4 Å². The maximum absolute atomic E-state index is 11.8. The molecule has 0 unspecified atom stereocenters. The van der Waals surface area contributed by atoms with Crippen LogP contribution in [0, 0.1) is 0 Å². The lowest BCUT2D eigenvalue weighted by atomic mass is 10.6. The molecule has 0 bridgehead atoms. The van der Waals surface area contributed by atoms with Crippen molar-refractivity contribution in [3.63, 3.8) is 0 Å². The first-order valence-corrected chi connectivity index (χ1v) is 6.90. The third-order valence-electron chi connectivity index (χ3n) is 1.82. The summed E-state index contributed by atoms with van der Waals surface area (Å²) in [4.78, 5) is 7.61. The van der Waals surface area contributed by atoms with E-state index >= 15 is 0 Å². The van der Waals surface area contributed by atoms with Crippen molar-refractivity contribution in [2.75, 3.05) is 11.8 Å². The maximum atomic E-state index is 11.8. The second-order valence-electron chi connectivity index (χ2n) is 3.00. The molecule has 2 aromatic rings. The van der Waals surface area contributed by atoms with Crippen LogP contribution in [-0.4, -0.2) is 25.5 Å². The van der Waals surface area contributed by atoms with Gasteiger partial charge in [0.15, 0.2) is 0 Å². The fourth-order valence-electron chi connectivity index (χ4n) is 1.10. The highest BCUT2D eigenvalue weighted by Gasteiger charge is 2.15. The van der Waals surface area contributed by atoms with Crippen molar-refractivity contribution in [3.05, 3.63) is 29.9 Å². The standard InChI is InChI=1S/C9H9N3O3S2/c1-15-9-10-5-7(6-11-9)12-17(13,14)8-3-2-4-16-8/h2-6,12H,1H3. The first-order chi connectivity index (χ1) is 8.12. The van der Waals surface area contributed by atoms with Crippen LogP contribution in [0.25, 0.3) is 0 Å². The fraction of sp³-hybridized carbons (Fsp3) is 0.111. The summed E-state index contributed by atoms with van der Waals surface area (Å²) in [6.07, 6.45) is 2.69. The topological polar surface area (TPSA) is 81.2 Å². The molecule has 0 aliphatic heterocycles. The Morgan fingerprint density at radius 2 is 2.06 bits per heavy atom. The van der Waals surface area contributed by atoms with Crippen LogP contribution in [0.2, 0.25) is 0 Å². The van der Waals surface area contributed by atoms with Gasteiger partial charge < -0.3 is 4.74 Å². The van der Waals surface area contributed by atoms with E-state index in [9.17, 15) is 8.42 Å². The minimum atomic E-state index is -3.54. The van der Waals surface area contributed by atoms with Gasteiger partial charge in [-0.15, -0.1) is 11.3 Å². The number of nitrogens with zero attached hydrogens (tertiary/aromatic N) is 2. The van der Waals surface area contributed by atoms with Crippen LogP contribution >= 0.6 is 11.3 Å². The molecule has 0 radical (unpaired) electrons. The Morgan fingerprint density at radius 3 is 2.59 bits per heavy atom. The zero-order valence-corrected chi connectivity index (χ0v) is 10.5. The first-order valence-electron chi connectivity index (χ1n) is 4.54. The summed E-state index contributed by atoms with van der Waals surface area (Å²) in [5.74, 6) is 0. The van der Waals surface area contributed by atoms with Gasteiger partial charge in [-0.05, 0) is 11.4 Å². The minimum Gasteiger partial charge on any atom is -0.467 e. The molecule has 0 atom stereocenters. The van der Waals surface area contributed by atoms with Crippen molar-refractivity contribution >= 4 is 27.0 Å². The van der Waals surface area contributed by atoms with E-state index in [0.717, 1.165) is 11.3 Å². The number of anilines is 1. The Bertz CT molecular complexity index is 578. The van der Waals surface area contributed by atoms with Crippen molar-refractivity contribution in [1.29, 1.82) is 0 Å². The van der Waals surface area contributed by atoms with Crippen molar-refractivity contribution in [2.45, 2.75) is 4.21 Å². The highest BCUT2D eigenvalue weighted by molar-refractivity contribution is 7.94. The molecule has 0 fully saturated rings. The molecule has 0 aliphatic carbocycles. The molecule has 1 N–H and O–H groups in total. The van der Waals surface area contributed by atoms with E-state index in [4.69, 9.17) is 4.74 Å². The number of thiophene rings is 1. The maximum Gasteiger partial charge on any atom is 0.316 e. The minimum absolute atomic E-state index is 0.184. The van der Waals surface area contributed by atoms with Crippen molar-refractivity contribution < 1.29 is 13.2 Å². The number of hydrogen-bond acceptors (Lipinski definition) is 6. The Hall–Kier alpha value is -1.67. The predicted octanol–water partition coefficient (Wildman–Crippen LogP) is 1.35. The summed E-state index contributed by atoms with van der Waals surface area (Å²) in [5.41, 5.74) is 0.291. The van der Waals surface area contributed by atoms with E-state index < -0.39 is 10.0 Å². The molecule has 0 aromatic carbocycles. The van der Waals surface area contributed by atoms with Crippen LogP contribution in [0.4, 0.5) is 5.69 Å². The lowest BCUT2D eigenvalue weighted by Crippen LogP contribution is -2.11. The quantitative estimate of drug-likeness (QED) is 0.907. The first kappa shape index (κ1) is 11.8. The van der Waals surface area contributed by atoms with Crippen molar-refractivity contribution in [1.82, 2.24) is 9.97 Å². The molecular formula is C9H9N3O3S2. The summed E-state index contributed by atoms with van der Waals surface area (Å²) in [5, 5.41) is 1.69. The molecule has 17 heavy (non-hydrogen) atoms. The number of methoxy groups -OCH3 is 1. The Morgan fingerprint density at radius 1 is 1.35 bits per heavy atom. The van der Waals surface area contributed by atoms with Crippen LogP contribution in [0.1, 0.15) is 0 Å². The van der Waals surface area contributed by atoms with Gasteiger partial charge in [0.1, 0.15) is 4.21 Å². The van der Waals surface area contributed by atoms with Crippen LogP contribution in [-0.2, 0) is 10.0 Å². The fourth-order valence-corrected chi connectivity index (χ4v) is 3.12. The summed E-state index contributed by atoms with van der Waals surface area (Å²) >= 11 is 1.14. The molecule has 0 saturated carbocycles. The van der Waals surface area contributed by atoms with Gasteiger partial charge in [0, 0.05) is 0 Å². The van der Waals surface area contributed by atoms with Crippen molar-refractivity contribution in [3.8, 4) is 6.01 Å². The highest BCUT2D eigenvalue weighted by atomic mass is 32.2. The molecule has 0 aliphatic rings. The van der Waals surface area contributed by atoms with Gasteiger partial charge in [-0.2, -0.15) is 0 Å². The number of hydrogen-bond donors (Lipinski definition) is 1. The van der Waals surface area contributed by atoms with Crippen LogP contribution in [0.5, 0.6) is 6.01 Å². The molecule has 2 rings (SSSR count). The number of nitrogens with one attached hydrogen (secondary N) is 1. The predicted molar refractivity (Wildman–Crippen MR) is 63.7 cm³/mol. The van der Waals surface area contributed by atoms with Gasteiger partial charge in [0.05, 0.1) is 25.2 Å². The molecule has 0 saturated heterocycles. The Kier molecular flexibility index (Phi) is 3.25. The van der Waals surface area contributed by atoms with Crippen LogP contribution in [0.3, 0.4) is 0 Å². The third kappa shape index (κ3) is 2.71. The van der Waals surface area contributed by atoms with E-state index in [1.54, 1.807) is 11.4 Å². The number of aromatic nitrogens is 2. The molecule has 90 valence electrons. The summed E-state index contributed by atoms with van der Waals surface area (Å²) < 4.78 is 31.1. The van der Waals surface area contributed by atoms with Gasteiger partial charge in [0.25, 0.3) is 10.0 Å². The third-order valence-corrected chi connectivity index (χ3v) is 4.60. The molecular weight excluding hydrogens is 262 g/mol. The van der Waals surface area contributed by atoms with Gasteiger partial charge in [0.2, 0.25) is 0 Å². The molecule has 2 heterocycles. The Labute approximate surface area is 102 Å². The highest BCUT2D eigenvalue weighted by Crippen LogP contribution is 2.19. The van der Waals surface area contributed by atoms with E-state index in [1.807, 2.05) is 0 Å². The monoisotopic (exact) mass is 271 g/mol. The average Bonchev–Trinajstić information content (AvgIpc) is 2.84. The van der Waals surface area contributed by atoms with Gasteiger partial charge in [-0.3, -0.25) is 4.72 Å². The van der Waals surface area contributed by atoms with Gasteiger partial charge >= 0.3 is 6.01 Å². The molecule has 0 spiro atoms. The van der Waals surface area contributed by atoms with Crippen LogP contribution in [0.15, 0.2) is 34.1 Å². The summed E-state index contributed by atoms with van der Waals surface area (Å²) in [6.45, 7) is 0. The SMILES string of the molecule is COc1ncc(NS(=O)(=O)c2cccs2)cn1. The zero-order chi connectivity index (χ0) is 12.3. The average molecular weight is 271 g/mol. The zero-order valence-electron chi connectivity index (χ0n) is 8.82. The smallest absolute Gasteiger partial charge is 0.316 e. The lowest BCUT2D eigenvalue weighted by molar-refractivity contribution is 0.380. The van der Waals surface area contributed by atoms with Crippen LogP contribution < -0.4 is 9.46 Å². The Balaban J connectivity index is 2.21. The second kappa shape index (κ2) is 4.68. The number of sulfonamides is 1. The lowest BCUT2D eigenvalue weighted by Gasteiger charge is -2.05. The van der Waals surface area contributed by atoms with E-state index in [-0.39, 0.29) is 10.2 Å².